The SMILES string of the molecule is O=P(O)(O)Nc1cc(O)cc(O)c1C(O)CCCc1ccc(O)cc1. The summed E-state index contributed by atoms with van der Waals surface area (Å²) in [7, 11) is -4.68. The predicted molar refractivity (Wildman–Crippen MR) is 91.4 cm³/mol. The summed E-state index contributed by atoms with van der Waals surface area (Å²) >= 11 is 0. The molecular formula is C16H20NO7P. The maximum absolute atomic E-state index is 11.1. The van der Waals surface area contributed by atoms with E-state index in [1.807, 2.05) is 5.09 Å². The Morgan fingerprint density at radius 1 is 1.00 bits per heavy atom. The molecule has 136 valence electrons. The molecule has 2 aromatic carbocycles. The molecule has 0 spiro atoms. The van der Waals surface area contributed by atoms with Crippen LogP contribution in [0.15, 0.2) is 36.4 Å². The van der Waals surface area contributed by atoms with Crippen LogP contribution < -0.4 is 5.09 Å². The van der Waals surface area contributed by atoms with Crippen molar-refractivity contribution >= 4 is 13.4 Å². The molecule has 0 saturated heterocycles. The van der Waals surface area contributed by atoms with Crippen molar-refractivity contribution in [3.05, 3.63) is 47.5 Å². The van der Waals surface area contributed by atoms with Crippen molar-refractivity contribution in [2.24, 2.45) is 0 Å². The molecule has 0 aliphatic carbocycles. The Kier molecular flexibility index (Phi) is 5.92. The number of phenols is 3. The van der Waals surface area contributed by atoms with E-state index in [0.717, 1.165) is 17.7 Å². The van der Waals surface area contributed by atoms with Gasteiger partial charge in [-0.2, -0.15) is 0 Å². The topological polar surface area (TPSA) is 150 Å². The highest BCUT2D eigenvalue weighted by atomic mass is 31.2. The molecule has 0 fully saturated rings. The zero-order valence-electron chi connectivity index (χ0n) is 13.2. The summed E-state index contributed by atoms with van der Waals surface area (Å²) in [6.45, 7) is 0. The van der Waals surface area contributed by atoms with Gasteiger partial charge in [-0.05, 0) is 37.0 Å². The van der Waals surface area contributed by atoms with Gasteiger partial charge >= 0.3 is 7.75 Å². The molecule has 0 bridgehead atoms. The summed E-state index contributed by atoms with van der Waals surface area (Å²) in [6.07, 6.45) is 0.167. The Labute approximate surface area is 144 Å². The van der Waals surface area contributed by atoms with Crippen LogP contribution in [0.3, 0.4) is 0 Å². The van der Waals surface area contributed by atoms with Crippen LogP contribution >= 0.6 is 7.75 Å². The maximum Gasteiger partial charge on any atom is 0.427 e. The second-order valence-corrected chi connectivity index (χ2v) is 6.97. The third-order valence-electron chi connectivity index (χ3n) is 3.62. The molecule has 0 amide bonds. The summed E-state index contributed by atoms with van der Waals surface area (Å²) in [5.74, 6) is -0.701. The Hall–Kier alpha value is -2.25. The van der Waals surface area contributed by atoms with E-state index in [0.29, 0.717) is 12.8 Å². The largest absolute Gasteiger partial charge is 0.508 e. The molecule has 0 aromatic heterocycles. The molecule has 7 N–H and O–H groups in total. The number of anilines is 1. The molecule has 0 radical (unpaired) electrons. The van der Waals surface area contributed by atoms with Crippen LogP contribution in [0.1, 0.15) is 30.1 Å². The van der Waals surface area contributed by atoms with Gasteiger partial charge in [0.2, 0.25) is 0 Å². The van der Waals surface area contributed by atoms with Gasteiger partial charge in [-0.1, -0.05) is 12.1 Å². The minimum atomic E-state index is -4.68. The fourth-order valence-electron chi connectivity index (χ4n) is 2.53. The van der Waals surface area contributed by atoms with E-state index in [9.17, 15) is 25.0 Å². The van der Waals surface area contributed by atoms with Crippen molar-refractivity contribution in [3.63, 3.8) is 0 Å². The van der Waals surface area contributed by atoms with Crippen LogP contribution in [0.5, 0.6) is 17.2 Å². The lowest BCUT2D eigenvalue weighted by Crippen LogP contribution is -2.05. The summed E-state index contributed by atoms with van der Waals surface area (Å²) < 4.78 is 11.1. The first-order valence-corrected chi connectivity index (χ1v) is 9.12. The van der Waals surface area contributed by atoms with Gasteiger partial charge in [0.05, 0.1) is 11.8 Å². The Morgan fingerprint density at radius 3 is 2.24 bits per heavy atom. The van der Waals surface area contributed by atoms with Gasteiger partial charge < -0.3 is 30.2 Å². The molecule has 0 aliphatic heterocycles. The number of rotatable bonds is 7. The maximum atomic E-state index is 11.1. The quantitative estimate of drug-likeness (QED) is 0.368. The van der Waals surface area contributed by atoms with Crippen molar-refractivity contribution in [2.45, 2.75) is 25.4 Å². The predicted octanol–water partition coefficient (Wildman–Crippen LogP) is 2.36. The van der Waals surface area contributed by atoms with E-state index in [-0.39, 0.29) is 23.4 Å². The second-order valence-electron chi connectivity index (χ2n) is 5.66. The molecule has 9 heteroatoms. The van der Waals surface area contributed by atoms with Crippen LogP contribution in [0, 0.1) is 0 Å². The van der Waals surface area contributed by atoms with Crippen molar-refractivity contribution in [1.82, 2.24) is 0 Å². The van der Waals surface area contributed by atoms with Gasteiger partial charge in [-0.3, -0.25) is 5.09 Å². The molecule has 0 aliphatic rings. The molecule has 2 rings (SSSR count). The number of benzene rings is 2. The van der Waals surface area contributed by atoms with E-state index in [1.165, 1.54) is 0 Å². The van der Waals surface area contributed by atoms with Crippen molar-refractivity contribution in [2.75, 3.05) is 5.09 Å². The first-order chi connectivity index (χ1) is 11.7. The lowest BCUT2D eigenvalue weighted by atomic mass is 9.99. The second kappa shape index (κ2) is 7.76. The van der Waals surface area contributed by atoms with Gasteiger partial charge in [0.25, 0.3) is 0 Å². The highest BCUT2D eigenvalue weighted by Crippen LogP contribution is 2.43. The number of aromatic hydroxyl groups is 3. The van der Waals surface area contributed by atoms with E-state index >= 15 is 0 Å². The normalized spacial score (nSPS) is 12.8. The van der Waals surface area contributed by atoms with Crippen LogP contribution in [-0.4, -0.2) is 30.2 Å². The van der Waals surface area contributed by atoms with Crippen LogP contribution in [-0.2, 0) is 11.0 Å². The van der Waals surface area contributed by atoms with E-state index in [1.54, 1.807) is 24.3 Å². The molecule has 0 heterocycles. The third-order valence-corrected chi connectivity index (χ3v) is 4.15. The standard InChI is InChI=1S/C16H20NO7P/c18-11-6-4-10(5-7-11)2-1-3-14(20)16-13(17-25(22,23)24)8-12(19)9-15(16)21/h4-9,14,18-21H,1-3H2,(H3,17,22,23,24). The average Bonchev–Trinajstić information content (AvgIpc) is 2.46. The van der Waals surface area contributed by atoms with E-state index < -0.39 is 25.3 Å². The van der Waals surface area contributed by atoms with Crippen molar-refractivity contribution in [1.29, 1.82) is 0 Å². The molecule has 0 saturated carbocycles. The summed E-state index contributed by atoms with van der Waals surface area (Å²) in [5.41, 5.74) is 0.628. The zero-order valence-corrected chi connectivity index (χ0v) is 14.1. The molecule has 1 atom stereocenters. The summed E-state index contributed by atoms with van der Waals surface area (Å²) in [4.78, 5) is 18.1. The monoisotopic (exact) mass is 369 g/mol. The smallest absolute Gasteiger partial charge is 0.427 e. The zero-order chi connectivity index (χ0) is 18.6. The lowest BCUT2D eigenvalue weighted by Gasteiger charge is -2.19. The Balaban J connectivity index is 2.10. The summed E-state index contributed by atoms with van der Waals surface area (Å²) in [5, 5.41) is 40.9. The van der Waals surface area contributed by atoms with Crippen molar-refractivity contribution < 1.29 is 34.8 Å². The number of nitrogens with one attached hydrogen (secondary N) is 1. The number of hydrogen-bond acceptors (Lipinski definition) is 5. The minimum Gasteiger partial charge on any atom is -0.508 e. The number of hydrogen-bond donors (Lipinski definition) is 7. The number of aliphatic hydroxyl groups is 1. The highest BCUT2D eigenvalue weighted by Gasteiger charge is 2.23. The minimum absolute atomic E-state index is 0.0909. The van der Waals surface area contributed by atoms with E-state index in [2.05, 4.69) is 0 Å². The lowest BCUT2D eigenvalue weighted by molar-refractivity contribution is 0.162. The Morgan fingerprint density at radius 2 is 1.64 bits per heavy atom. The van der Waals surface area contributed by atoms with Crippen molar-refractivity contribution in [3.8, 4) is 17.2 Å². The molecular weight excluding hydrogens is 349 g/mol. The third kappa shape index (κ3) is 5.65. The molecule has 8 nitrogen and oxygen atoms in total. The fraction of sp³-hybridized carbons (Fsp3) is 0.250. The first-order valence-electron chi connectivity index (χ1n) is 7.51. The molecule has 25 heavy (non-hydrogen) atoms. The van der Waals surface area contributed by atoms with Gasteiger partial charge in [-0.25, -0.2) is 4.57 Å². The number of aliphatic hydroxyl groups excluding tert-OH is 1. The van der Waals surface area contributed by atoms with Gasteiger partial charge in [0, 0.05) is 17.7 Å². The Bertz CT molecular complexity index is 773. The van der Waals surface area contributed by atoms with Gasteiger partial charge in [-0.15, -0.1) is 0 Å². The van der Waals surface area contributed by atoms with E-state index in [4.69, 9.17) is 9.79 Å². The fourth-order valence-corrected chi connectivity index (χ4v) is 3.03. The van der Waals surface area contributed by atoms with Crippen LogP contribution in [0.4, 0.5) is 5.69 Å². The number of aryl methyl sites for hydroxylation is 1. The van der Waals surface area contributed by atoms with Crippen LogP contribution in [0.25, 0.3) is 0 Å². The summed E-state index contributed by atoms with van der Waals surface area (Å²) in [6, 6.07) is 8.63. The number of phenolic OH excluding ortho intramolecular Hbond substituents is 3. The first kappa shape index (κ1) is 19.1. The average molecular weight is 369 g/mol. The molecule has 2 aromatic rings. The molecule has 1 unspecified atom stereocenters. The van der Waals surface area contributed by atoms with Gasteiger partial charge in [0.1, 0.15) is 17.2 Å². The van der Waals surface area contributed by atoms with Gasteiger partial charge in [0.15, 0.2) is 0 Å². The highest BCUT2D eigenvalue weighted by molar-refractivity contribution is 7.53. The van der Waals surface area contributed by atoms with Crippen LogP contribution in [0.2, 0.25) is 0 Å².